The van der Waals surface area contributed by atoms with Gasteiger partial charge in [0.15, 0.2) is 8.32 Å². The summed E-state index contributed by atoms with van der Waals surface area (Å²) in [5.74, 6) is 1.02. The molecule has 0 saturated heterocycles. The molecule has 22 heavy (non-hydrogen) atoms. The van der Waals surface area contributed by atoms with Gasteiger partial charge in [-0.3, -0.25) is 0 Å². The van der Waals surface area contributed by atoms with Crippen LogP contribution in [0.4, 0.5) is 0 Å². The maximum atomic E-state index is 11.4. The fourth-order valence-electron chi connectivity index (χ4n) is 5.44. The summed E-state index contributed by atoms with van der Waals surface area (Å²) in [6.45, 7) is 14.3. The fourth-order valence-corrected chi connectivity index (χ4v) is 6.83. The Kier molecular flexibility index (Phi) is 3.74. The Labute approximate surface area is 137 Å². The van der Waals surface area contributed by atoms with Crippen LogP contribution in [0.1, 0.15) is 66.2 Å². The minimum atomic E-state index is -1.71. The lowest BCUT2D eigenvalue weighted by Gasteiger charge is -2.49. The summed E-state index contributed by atoms with van der Waals surface area (Å²) in [4.78, 5) is 11.4. The Morgan fingerprint density at radius 2 is 1.86 bits per heavy atom. The van der Waals surface area contributed by atoms with Gasteiger partial charge in [-0.2, -0.15) is 0 Å². The third kappa shape index (κ3) is 2.18. The first-order valence-electron chi connectivity index (χ1n) is 9.20. The molecule has 1 spiro atoms. The van der Waals surface area contributed by atoms with E-state index in [1.807, 2.05) is 0 Å². The summed E-state index contributed by atoms with van der Waals surface area (Å²) in [5, 5.41) is 0.280. The molecule has 5 atom stereocenters. The highest BCUT2D eigenvalue weighted by Crippen LogP contribution is 2.75. The van der Waals surface area contributed by atoms with Crippen LogP contribution in [0.15, 0.2) is 0 Å². The van der Waals surface area contributed by atoms with Gasteiger partial charge in [-0.05, 0) is 67.0 Å². The fraction of sp³-hybridized carbons (Fsp3) is 0.947. The molecule has 126 valence electrons. The summed E-state index contributed by atoms with van der Waals surface area (Å²) >= 11 is 0. The van der Waals surface area contributed by atoms with Gasteiger partial charge in [0.25, 0.3) is 0 Å². The molecule has 3 saturated carbocycles. The van der Waals surface area contributed by atoms with Crippen molar-refractivity contribution in [3.05, 3.63) is 0 Å². The quantitative estimate of drug-likeness (QED) is 0.528. The third-order valence-electron chi connectivity index (χ3n) is 8.04. The molecule has 3 fully saturated rings. The van der Waals surface area contributed by atoms with Gasteiger partial charge in [0.05, 0.1) is 0 Å². The van der Waals surface area contributed by atoms with Crippen molar-refractivity contribution in [3.63, 3.8) is 0 Å². The molecule has 0 aromatic carbocycles. The number of hydrogen-bond acceptors (Lipinski definition) is 2. The molecule has 3 heteroatoms. The largest absolute Gasteiger partial charge is 0.414 e. The number of carbonyl (C=O) groups excluding carboxylic acids is 1. The molecule has 0 bridgehead atoms. The van der Waals surface area contributed by atoms with Gasteiger partial charge < -0.3 is 9.22 Å². The van der Waals surface area contributed by atoms with Crippen molar-refractivity contribution < 1.29 is 9.22 Å². The van der Waals surface area contributed by atoms with Crippen molar-refractivity contribution in [1.29, 1.82) is 0 Å². The molecule has 0 heterocycles. The van der Waals surface area contributed by atoms with Gasteiger partial charge in [-0.25, -0.2) is 0 Å². The van der Waals surface area contributed by atoms with Crippen LogP contribution in [0.5, 0.6) is 0 Å². The van der Waals surface area contributed by atoms with E-state index in [0.29, 0.717) is 28.8 Å². The van der Waals surface area contributed by atoms with Crippen molar-refractivity contribution in [2.24, 2.45) is 22.7 Å². The lowest BCUT2D eigenvalue weighted by molar-refractivity contribution is -0.110. The molecule has 0 aromatic heterocycles. The van der Waals surface area contributed by atoms with E-state index >= 15 is 0 Å². The van der Waals surface area contributed by atoms with Crippen LogP contribution in [0.2, 0.25) is 18.1 Å². The first kappa shape index (κ1) is 16.7. The molecule has 0 amide bonds. The van der Waals surface area contributed by atoms with E-state index in [-0.39, 0.29) is 5.04 Å². The van der Waals surface area contributed by atoms with E-state index in [4.69, 9.17) is 4.43 Å². The molecule has 0 N–H and O–H groups in total. The molecule has 3 rings (SSSR count). The Morgan fingerprint density at radius 3 is 2.41 bits per heavy atom. The first-order chi connectivity index (χ1) is 10.1. The maximum Gasteiger partial charge on any atom is 0.192 e. The Morgan fingerprint density at radius 1 is 1.18 bits per heavy atom. The molecular weight excluding hydrogens is 288 g/mol. The average Bonchev–Trinajstić information content (AvgIpc) is 3.03. The van der Waals surface area contributed by atoms with Crippen molar-refractivity contribution >= 4 is 14.6 Å². The summed E-state index contributed by atoms with van der Waals surface area (Å²) in [7, 11) is -1.71. The second-order valence-corrected chi connectivity index (χ2v) is 14.7. The second-order valence-electron chi connectivity index (χ2n) is 9.97. The van der Waals surface area contributed by atoms with Crippen molar-refractivity contribution in [2.75, 3.05) is 0 Å². The van der Waals surface area contributed by atoms with E-state index in [1.165, 1.54) is 38.4 Å². The van der Waals surface area contributed by atoms with Crippen LogP contribution in [0, 0.1) is 22.7 Å². The number of fused-ring (bicyclic) bond motifs is 2. The van der Waals surface area contributed by atoms with Crippen LogP contribution >= 0.6 is 0 Å². The van der Waals surface area contributed by atoms with E-state index in [1.54, 1.807) is 0 Å². The summed E-state index contributed by atoms with van der Waals surface area (Å²) in [5.41, 5.74) is 0.693. The summed E-state index contributed by atoms with van der Waals surface area (Å²) in [6, 6.07) is 0. The second kappa shape index (κ2) is 4.92. The van der Waals surface area contributed by atoms with Crippen LogP contribution < -0.4 is 0 Å². The summed E-state index contributed by atoms with van der Waals surface area (Å²) < 4.78 is 6.86. The molecule has 2 nitrogen and oxygen atoms in total. The van der Waals surface area contributed by atoms with Gasteiger partial charge in [-0.15, -0.1) is 0 Å². The highest BCUT2D eigenvalue weighted by molar-refractivity contribution is 6.74. The van der Waals surface area contributed by atoms with E-state index in [2.05, 4.69) is 40.8 Å². The highest BCUT2D eigenvalue weighted by Gasteiger charge is 2.70. The van der Waals surface area contributed by atoms with E-state index < -0.39 is 8.32 Å². The molecular formula is C19H34O2Si. The van der Waals surface area contributed by atoms with Crippen LogP contribution in [0.25, 0.3) is 0 Å². The zero-order valence-corrected chi connectivity index (χ0v) is 16.4. The van der Waals surface area contributed by atoms with Gasteiger partial charge in [-0.1, -0.05) is 34.1 Å². The number of carbonyl (C=O) groups is 1. The summed E-state index contributed by atoms with van der Waals surface area (Å²) in [6.07, 6.45) is 9.18. The van der Waals surface area contributed by atoms with Crippen molar-refractivity contribution in [2.45, 2.75) is 90.5 Å². The molecule has 3 aliphatic rings. The number of aldehydes is 1. The average molecular weight is 323 g/mol. The maximum absolute atomic E-state index is 11.4. The van der Waals surface area contributed by atoms with Gasteiger partial charge in [0.2, 0.25) is 0 Å². The zero-order chi connectivity index (χ0) is 16.4. The number of hydrogen-bond donors (Lipinski definition) is 0. The molecule has 0 aromatic rings. The van der Waals surface area contributed by atoms with Crippen molar-refractivity contribution in [3.8, 4) is 0 Å². The molecule has 0 unspecified atom stereocenters. The van der Waals surface area contributed by atoms with E-state index in [9.17, 15) is 4.79 Å². The zero-order valence-electron chi connectivity index (χ0n) is 15.4. The Hall–Kier alpha value is -0.153. The Bertz CT molecular complexity index is 467. The van der Waals surface area contributed by atoms with Crippen LogP contribution in [0.3, 0.4) is 0 Å². The minimum absolute atomic E-state index is 0.280. The third-order valence-corrected chi connectivity index (χ3v) is 12.5. The van der Waals surface area contributed by atoms with Crippen molar-refractivity contribution in [1.82, 2.24) is 0 Å². The monoisotopic (exact) mass is 322 g/mol. The minimum Gasteiger partial charge on any atom is -0.414 e. The van der Waals surface area contributed by atoms with Crippen LogP contribution in [-0.2, 0) is 9.22 Å². The lowest BCUT2D eigenvalue weighted by Crippen LogP contribution is -2.50. The van der Waals surface area contributed by atoms with E-state index in [0.717, 1.165) is 6.42 Å². The number of rotatable bonds is 3. The molecule has 3 aliphatic carbocycles. The van der Waals surface area contributed by atoms with Gasteiger partial charge >= 0.3 is 0 Å². The van der Waals surface area contributed by atoms with Gasteiger partial charge in [0.1, 0.15) is 6.29 Å². The van der Waals surface area contributed by atoms with Crippen LogP contribution in [-0.4, -0.2) is 20.7 Å². The topological polar surface area (TPSA) is 26.3 Å². The highest BCUT2D eigenvalue weighted by atomic mass is 28.4. The van der Waals surface area contributed by atoms with Gasteiger partial charge in [0, 0.05) is 12.0 Å². The molecule has 0 radical (unpaired) electrons. The molecule has 0 aliphatic heterocycles. The predicted molar refractivity (Wildman–Crippen MR) is 93.4 cm³/mol. The normalized spacial score (nSPS) is 44.9. The smallest absolute Gasteiger partial charge is 0.192 e. The Balaban J connectivity index is 1.81. The lowest BCUT2D eigenvalue weighted by atomic mass is 9.62. The predicted octanol–water partition coefficient (Wildman–Crippen LogP) is 5.18. The first-order valence-corrected chi connectivity index (χ1v) is 12.1. The standard InChI is InChI=1S/C19H34O2Si/c1-17(2,3)22(5,6)21-16-8-7-10-18(4)15(16)9-11-19(18)12-14(19)13-20/h13-16H,7-12H2,1-6H3/t14-,15-,16-,18-,19-/m0/s1. The SMILES string of the molecule is CC(C)(C)[Si](C)(C)O[C@H]1CCC[C@@]2(C)[C@H]1CC[C@@]21C[C@H]1C=O.